The number of benzene rings is 1. The highest BCUT2D eigenvalue weighted by Gasteiger charge is 2.46. The quantitative estimate of drug-likeness (QED) is 0.531. The maximum absolute atomic E-state index is 12.6. The summed E-state index contributed by atoms with van der Waals surface area (Å²) in [5, 5.41) is 0. The van der Waals surface area contributed by atoms with Gasteiger partial charge in [-0.25, -0.2) is 8.78 Å². The predicted molar refractivity (Wildman–Crippen MR) is 65.0 cm³/mol. The third kappa shape index (κ3) is 3.15. The van der Waals surface area contributed by atoms with E-state index in [9.17, 15) is 26.7 Å². The second-order valence-corrected chi connectivity index (χ2v) is 5.49. The van der Waals surface area contributed by atoms with Crippen LogP contribution in [0.25, 0.3) is 0 Å². The zero-order chi connectivity index (χ0) is 14.4. The Morgan fingerprint density at radius 2 is 1.79 bits per heavy atom. The lowest BCUT2D eigenvalue weighted by atomic mass is 10.1. The van der Waals surface area contributed by atoms with Crippen LogP contribution < -0.4 is 0 Å². The monoisotopic (exact) mass is 391 g/mol. The third-order valence-corrected chi connectivity index (χ3v) is 3.23. The van der Waals surface area contributed by atoms with Gasteiger partial charge in [-0.1, -0.05) is 0 Å². The van der Waals surface area contributed by atoms with Crippen molar-refractivity contribution >= 4 is 28.5 Å². The SMILES string of the molecule is O=C(c1cc(I)cc(C(F)(F)F)c1)N1CC(F)(F)C1. The van der Waals surface area contributed by atoms with E-state index >= 15 is 0 Å². The number of carbonyl (C=O) groups excluding carboxylic acids is 1. The Morgan fingerprint density at radius 3 is 2.26 bits per heavy atom. The van der Waals surface area contributed by atoms with Crippen molar-refractivity contribution in [2.75, 3.05) is 13.1 Å². The molecule has 0 atom stereocenters. The Balaban J connectivity index is 2.26. The number of nitrogens with zero attached hydrogens (tertiary/aromatic N) is 1. The van der Waals surface area contributed by atoms with Gasteiger partial charge < -0.3 is 4.90 Å². The van der Waals surface area contributed by atoms with Crippen LogP contribution in [0.3, 0.4) is 0 Å². The van der Waals surface area contributed by atoms with Crippen LogP contribution in [0.2, 0.25) is 0 Å². The maximum atomic E-state index is 12.6. The number of likely N-dealkylation sites (tertiary alicyclic amines) is 1. The summed E-state index contributed by atoms with van der Waals surface area (Å²) in [5.74, 6) is -3.75. The molecule has 0 aliphatic carbocycles. The molecule has 1 heterocycles. The first-order chi connectivity index (χ1) is 8.58. The lowest BCUT2D eigenvalue weighted by Crippen LogP contribution is -2.58. The molecule has 19 heavy (non-hydrogen) atoms. The smallest absolute Gasteiger partial charge is 0.326 e. The van der Waals surface area contributed by atoms with Crippen molar-refractivity contribution in [1.29, 1.82) is 0 Å². The summed E-state index contributed by atoms with van der Waals surface area (Å²) < 4.78 is 63.2. The van der Waals surface area contributed by atoms with Crippen LogP contribution >= 0.6 is 22.6 Å². The summed E-state index contributed by atoms with van der Waals surface area (Å²) in [7, 11) is 0. The fraction of sp³-hybridized carbons (Fsp3) is 0.364. The van der Waals surface area contributed by atoms with Crippen molar-refractivity contribution < 1.29 is 26.7 Å². The molecule has 0 radical (unpaired) electrons. The van der Waals surface area contributed by atoms with E-state index in [1.807, 2.05) is 0 Å². The van der Waals surface area contributed by atoms with E-state index < -0.39 is 36.7 Å². The van der Waals surface area contributed by atoms with E-state index in [2.05, 4.69) is 0 Å². The molecule has 0 unspecified atom stereocenters. The zero-order valence-electron chi connectivity index (χ0n) is 9.27. The average molecular weight is 391 g/mol. The number of halogens is 6. The van der Waals surface area contributed by atoms with E-state index in [-0.39, 0.29) is 9.13 Å². The van der Waals surface area contributed by atoms with Crippen LogP contribution in [0.1, 0.15) is 15.9 Å². The first-order valence-corrected chi connectivity index (χ1v) is 6.21. The number of hydrogen-bond donors (Lipinski definition) is 0. The molecule has 1 aromatic rings. The molecule has 1 saturated heterocycles. The number of rotatable bonds is 1. The standard InChI is InChI=1S/C11H7F5INO/c12-10(13)4-18(5-10)9(19)6-1-7(11(14,15)16)3-8(17)2-6/h1-3H,4-5H2. The van der Waals surface area contributed by atoms with Gasteiger partial charge in [0.1, 0.15) is 0 Å². The van der Waals surface area contributed by atoms with Crippen molar-refractivity contribution in [2.45, 2.75) is 12.1 Å². The number of amides is 1. The van der Waals surface area contributed by atoms with Gasteiger partial charge in [0, 0.05) is 9.13 Å². The maximum Gasteiger partial charge on any atom is 0.416 e. The second kappa shape index (κ2) is 4.57. The molecule has 0 spiro atoms. The van der Waals surface area contributed by atoms with Gasteiger partial charge in [-0.15, -0.1) is 0 Å². The minimum atomic E-state index is -4.57. The minimum absolute atomic E-state index is 0.225. The number of alkyl halides is 5. The van der Waals surface area contributed by atoms with Gasteiger partial charge in [-0.2, -0.15) is 13.2 Å². The molecule has 1 aliphatic heterocycles. The molecule has 0 aromatic heterocycles. The summed E-state index contributed by atoms with van der Waals surface area (Å²) in [5.41, 5.74) is -1.19. The molecular formula is C11H7F5INO. The lowest BCUT2D eigenvalue weighted by molar-refractivity contribution is -0.137. The van der Waals surface area contributed by atoms with Crippen LogP contribution in [0.15, 0.2) is 18.2 Å². The fourth-order valence-corrected chi connectivity index (χ4v) is 2.39. The fourth-order valence-electron chi connectivity index (χ4n) is 1.72. The molecule has 1 fully saturated rings. The highest BCUT2D eigenvalue weighted by molar-refractivity contribution is 14.1. The summed E-state index contributed by atoms with van der Waals surface area (Å²) in [6, 6.07) is 2.82. The lowest BCUT2D eigenvalue weighted by Gasteiger charge is -2.38. The Bertz CT molecular complexity index is 520. The van der Waals surface area contributed by atoms with Gasteiger partial charge in [0.15, 0.2) is 0 Å². The van der Waals surface area contributed by atoms with Crippen molar-refractivity contribution in [1.82, 2.24) is 4.90 Å². The van der Waals surface area contributed by atoms with Gasteiger partial charge in [-0.3, -0.25) is 4.79 Å². The molecule has 8 heteroatoms. The highest BCUT2D eigenvalue weighted by Crippen LogP contribution is 2.33. The largest absolute Gasteiger partial charge is 0.416 e. The molecule has 2 rings (SSSR count). The van der Waals surface area contributed by atoms with E-state index in [0.29, 0.717) is 6.07 Å². The number of carbonyl (C=O) groups is 1. The molecule has 0 bridgehead atoms. The first-order valence-electron chi connectivity index (χ1n) is 5.13. The van der Waals surface area contributed by atoms with Crippen molar-refractivity contribution in [3.05, 3.63) is 32.9 Å². The molecule has 0 N–H and O–H groups in total. The molecule has 104 valence electrons. The summed E-state index contributed by atoms with van der Waals surface area (Å²) >= 11 is 1.65. The van der Waals surface area contributed by atoms with Gasteiger partial charge in [-0.05, 0) is 40.8 Å². The van der Waals surface area contributed by atoms with Crippen LogP contribution in [-0.4, -0.2) is 29.8 Å². The van der Waals surface area contributed by atoms with Crippen LogP contribution in [0, 0.1) is 3.57 Å². The summed E-state index contributed by atoms with van der Waals surface area (Å²) in [6.45, 7) is -1.50. The van der Waals surface area contributed by atoms with E-state index in [1.54, 1.807) is 22.6 Å². The molecule has 1 aromatic carbocycles. The van der Waals surface area contributed by atoms with E-state index in [0.717, 1.165) is 11.0 Å². The second-order valence-electron chi connectivity index (χ2n) is 4.24. The molecular weight excluding hydrogens is 384 g/mol. The van der Waals surface area contributed by atoms with Crippen molar-refractivity contribution in [2.24, 2.45) is 0 Å². The number of hydrogen-bond acceptors (Lipinski definition) is 1. The Labute approximate surface area is 118 Å². The van der Waals surface area contributed by atoms with Gasteiger partial charge in [0.2, 0.25) is 0 Å². The molecule has 1 amide bonds. The Hall–Kier alpha value is -0.930. The minimum Gasteiger partial charge on any atom is -0.326 e. The molecule has 2 nitrogen and oxygen atoms in total. The Kier molecular flexibility index (Phi) is 3.48. The molecule has 0 saturated carbocycles. The van der Waals surface area contributed by atoms with Gasteiger partial charge in [0.05, 0.1) is 18.7 Å². The van der Waals surface area contributed by atoms with Gasteiger partial charge >= 0.3 is 6.18 Å². The van der Waals surface area contributed by atoms with Crippen molar-refractivity contribution in [3.63, 3.8) is 0 Å². The Morgan fingerprint density at radius 1 is 1.21 bits per heavy atom. The highest BCUT2D eigenvalue weighted by atomic mass is 127. The predicted octanol–water partition coefficient (Wildman–Crippen LogP) is 3.40. The van der Waals surface area contributed by atoms with Crippen LogP contribution in [0.5, 0.6) is 0 Å². The van der Waals surface area contributed by atoms with Crippen LogP contribution in [-0.2, 0) is 6.18 Å². The first kappa shape index (κ1) is 14.5. The van der Waals surface area contributed by atoms with E-state index in [1.165, 1.54) is 6.07 Å². The van der Waals surface area contributed by atoms with E-state index in [4.69, 9.17) is 0 Å². The molecule has 1 aliphatic rings. The topological polar surface area (TPSA) is 20.3 Å². The summed E-state index contributed by atoms with van der Waals surface area (Å²) in [4.78, 5) is 12.6. The zero-order valence-corrected chi connectivity index (χ0v) is 11.4. The third-order valence-electron chi connectivity index (χ3n) is 2.60. The summed E-state index contributed by atoms with van der Waals surface area (Å²) in [6.07, 6.45) is -4.57. The van der Waals surface area contributed by atoms with Crippen LogP contribution in [0.4, 0.5) is 22.0 Å². The normalized spacial score (nSPS) is 18.1. The van der Waals surface area contributed by atoms with Crippen molar-refractivity contribution in [3.8, 4) is 0 Å². The van der Waals surface area contributed by atoms with Gasteiger partial charge in [0.25, 0.3) is 11.8 Å². The average Bonchev–Trinajstić information content (AvgIpc) is 2.22.